The number of aryl methyl sites for hydroxylation is 1. The van der Waals surface area contributed by atoms with Crippen molar-refractivity contribution < 1.29 is 0 Å². The van der Waals surface area contributed by atoms with Crippen molar-refractivity contribution in [3.8, 4) is 0 Å². The molecular weight excluding hydrogens is 238 g/mol. The van der Waals surface area contributed by atoms with E-state index >= 15 is 0 Å². The Morgan fingerprint density at radius 3 is 2.81 bits per heavy atom. The predicted octanol–water partition coefficient (Wildman–Crippen LogP) is 3.76. The van der Waals surface area contributed by atoms with Crippen LogP contribution in [0.5, 0.6) is 0 Å². The summed E-state index contributed by atoms with van der Waals surface area (Å²) in [5.41, 5.74) is 0. The van der Waals surface area contributed by atoms with E-state index in [4.69, 9.17) is 11.6 Å². The number of nitrogens with zero attached hydrogens (tertiary/aromatic N) is 1. The Morgan fingerprint density at radius 2 is 2.19 bits per heavy atom. The van der Waals surface area contributed by atoms with Crippen LogP contribution in [0.4, 0.5) is 0 Å². The largest absolute Gasteiger partial charge is 0.298 e. The second kappa shape index (κ2) is 5.52. The molecule has 3 heteroatoms. The normalized spacial score (nSPS) is 27.2. The Bertz CT molecular complexity index is 336. The van der Waals surface area contributed by atoms with Gasteiger partial charge >= 0.3 is 0 Å². The van der Waals surface area contributed by atoms with Crippen LogP contribution in [0.2, 0.25) is 0 Å². The Hall–Kier alpha value is -0.0500. The maximum Gasteiger partial charge on any atom is 0.0386 e. The maximum absolute atomic E-state index is 6.24. The lowest BCUT2D eigenvalue weighted by Gasteiger charge is -2.33. The van der Waals surface area contributed by atoms with Gasteiger partial charge in [-0.3, -0.25) is 4.90 Å². The number of hydrogen-bond acceptors (Lipinski definition) is 2. The van der Waals surface area contributed by atoms with Crippen LogP contribution in [0, 0.1) is 5.92 Å². The van der Waals surface area contributed by atoms with E-state index in [0.29, 0.717) is 11.3 Å². The monoisotopic (exact) mass is 257 g/mol. The zero-order valence-corrected chi connectivity index (χ0v) is 11.7. The molecule has 2 heterocycles. The van der Waals surface area contributed by atoms with E-state index in [1.807, 2.05) is 11.3 Å². The molecular formula is C13H20ClNS. The van der Waals surface area contributed by atoms with Crippen molar-refractivity contribution in [2.24, 2.45) is 5.92 Å². The second-order valence-electron chi connectivity index (χ2n) is 4.74. The first-order valence-corrected chi connectivity index (χ1v) is 7.38. The molecule has 90 valence electrons. The Morgan fingerprint density at radius 1 is 1.44 bits per heavy atom. The molecule has 0 bridgehead atoms. The third-order valence-corrected chi connectivity index (χ3v) is 5.19. The van der Waals surface area contributed by atoms with E-state index in [2.05, 4.69) is 30.9 Å². The van der Waals surface area contributed by atoms with Crippen LogP contribution in [0.3, 0.4) is 0 Å². The zero-order chi connectivity index (χ0) is 11.5. The minimum Gasteiger partial charge on any atom is -0.298 e. The smallest absolute Gasteiger partial charge is 0.0386 e. The molecule has 1 saturated heterocycles. The van der Waals surface area contributed by atoms with Gasteiger partial charge in [0, 0.05) is 28.2 Å². The fourth-order valence-electron chi connectivity index (χ4n) is 2.26. The van der Waals surface area contributed by atoms with E-state index < -0.39 is 0 Å². The van der Waals surface area contributed by atoms with E-state index in [1.165, 1.54) is 9.75 Å². The van der Waals surface area contributed by atoms with Gasteiger partial charge in [0.1, 0.15) is 0 Å². The first-order chi connectivity index (χ1) is 7.69. The standard InChI is InChI=1S/C13H20ClNS/c1-3-11-4-5-12(16-11)9-15-7-6-13(14)10(2)8-15/h4-5,10,13H,3,6-9H2,1-2H3. The molecule has 0 aliphatic carbocycles. The lowest BCUT2D eigenvalue weighted by atomic mass is 10.00. The van der Waals surface area contributed by atoms with Gasteiger partial charge in [-0.1, -0.05) is 13.8 Å². The molecule has 0 spiro atoms. The molecule has 0 radical (unpaired) electrons. The minimum absolute atomic E-state index is 0.380. The highest BCUT2D eigenvalue weighted by Crippen LogP contribution is 2.25. The molecule has 2 unspecified atom stereocenters. The molecule has 1 nitrogen and oxygen atoms in total. The van der Waals surface area contributed by atoms with E-state index in [9.17, 15) is 0 Å². The number of hydrogen-bond donors (Lipinski definition) is 0. The fourth-order valence-corrected chi connectivity index (χ4v) is 3.44. The van der Waals surface area contributed by atoms with Crippen molar-refractivity contribution in [2.45, 2.75) is 38.6 Å². The lowest BCUT2D eigenvalue weighted by Crippen LogP contribution is -2.39. The molecule has 0 N–H and O–H groups in total. The fraction of sp³-hybridized carbons (Fsp3) is 0.692. The van der Waals surface area contributed by atoms with Crippen molar-refractivity contribution in [3.05, 3.63) is 21.9 Å². The zero-order valence-electron chi connectivity index (χ0n) is 10.1. The summed E-state index contributed by atoms with van der Waals surface area (Å²) in [6.07, 6.45) is 2.29. The second-order valence-corrected chi connectivity index (χ2v) is 6.55. The summed E-state index contributed by atoms with van der Waals surface area (Å²) in [5.74, 6) is 0.626. The molecule has 1 aromatic rings. The molecule has 0 amide bonds. The van der Waals surface area contributed by atoms with Gasteiger partial charge in [0.2, 0.25) is 0 Å². The number of rotatable bonds is 3. The van der Waals surface area contributed by atoms with E-state index in [0.717, 1.165) is 32.5 Å². The quantitative estimate of drug-likeness (QED) is 0.746. The first-order valence-electron chi connectivity index (χ1n) is 6.13. The van der Waals surface area contributed by atoms with Gasteiger partial charge in [-0.05, 0) is 37.4 Å². The molecule has 16 heavy (non-hydrogen) atoms. The van der Waals surface area contributed by atoms with E-state index in [1.54, 1.807) is 0 Å². The average Bonchev–Trinajstić information content (AvgIpc) is 2.71. The molecule has 1 aliphatic rings. The van der Waals surface area contributed by atoms with Crippen LogP contribution in [-0.2, 0) is 13.0 Å². The summed E-state index contributed by atoms with van der Waals surface area (Å²) in [7, 11) is 0. The third-order valence-electron chi connectivity index (χ3n) is 3.33. The van der Waals surface area contributed by atoms with Crippen molar-refractivity contribution in [3.63, 3.8) is 0 Å². The highest BCUT2D eigenvalue weighted by molar-refractivity contribution is 7.11. The summed E-state index contributed by atoms with van der Waals surface area (Å²) in [5, 5.41) is 0.380. The van der Waals surface area contributed by atoms with E-state index in [-0.39, 0.29) is 0 Å². The molecule has 2 rings (SSSR count). The summed E-state index contributed by atoms with van der Waals surface area (Å²) in [6.45, 7) is 7.89. The van der Waals surface area contributed by atoms with Crippen molar-refractivity contribution in [1.82, 2.24) is 4.90 Å². The van der Waals surface area contributed by atoms with Crippen molar-refractivity contribution in [2.75, 3.05) is 13.1 Å². The SMILES string of the molecule is CCc1ccc(CN2CCC(Cl)C(C)C2)s1. The highest BCUT2D eigenvalue weighted by Gasteiger charge is 2.24. The topological polar surface area (TPSA) is 3.24 Å². The summed E-state index contributed by atoms with van der Waals surface area (Å²) in [4.78, 5) is 5.53. The first kappa shape index (κ1) is 12.4. The van der Waals surface area contributed by atoms with Gasteiger partial charge in [0.25, 0.3) is 0 Å². The van der Waals surface area contributed by atoms with Crippen LogP contribution in [0.25, 0.3) is 0 Å². The van der Waals surface area contributed by atoms with Gasteiger partial charge < -0.3 is 0 Å². The number of piperidine rings is 1. The van der Waals surface area contributed by atoms with Crippen LogP contribution in [-0.4, -0.2) is 23.4 Å². The van der Waals surface area contributed by atoms with Crippen LogP contribution < -0.4 is 0 Å². The van der Waals surface area contributed by atoms with Crippen molar-refractivity contribution in [1.29, 1.82) is 0 Å². The summed E-state index contributed by atoms with van der Waals surface area (Å²) in [6, 6.07) is 4.54. The molecule has 1 fully saturated rings. The van der Waals surface area contributed by atoms with Gasteiger partial charge in [-0.2, -0.15) is 0 Å². The average molecular weight is 258 g/mol. The van der Waals surface area contributed by atoms with Gasteiger partial charge in [0.05, 0.1) is 0 Å². The molecule has 2 atom stereocenters. The number of halogens is 1. The van der Waals surface area contributed by atoms with Gasteiger partial charge in [0.15, 0.2) is 0 Å². The van der Waals surface area contributed by atoms with Crippen LogP contribution in [0.15, 0.2) is 12.1 Å². The predicted molar refractivity (Wildman–Crippen MR) is 72.4 cm³/mol. The third kappa shape index (κ3) is 2.99. The van der Waals surface area contributed by atoms with Crippen molar-refractivity contribution >= 4 is 22.9 Å². The minimum atomic E-state index is 0.380. The lowest BCUT2D eigenvalue weighted by molar-refractivity contribution is 0.181. The highest BCUT2D eigenvalue weighted by atomic mass is 35.5. The Kier molecular flexibility index (Phi) is 4.28. The molecule has 0 aromatic carbocycles. The Labute approximate surface area is 107 Å². The molecule has 1 aliphatic heterocycles. The van der Waals surface area contributed by atoms with Gasteiger partial charge in [-0.25, -0.2) is 0 Å². The number of likely N-dealkylation sites (tertiary alicyclic amines) is 1. The Balaban J connectivity index is 1.90. The number of thiophene rings is 1. The van der Waals surface area contributed by atoms with Crippen LogP contribution in [0.1, 0.15) is 30.0 Å². The molecule has 0 saturated carbocycles. The summed E-state index contributed by atoms with van der Waals surface area (Å²) < 4.78 is 0. The summed E-state index contributed by atoms with van der Waals surface area (Å²) >= 11 is 8.19. The van der Waals surface area contributed by atoms with Gasteiger partial charge in [-0.15, -0.1) is 22.9 Å². The van der Waals surface area contributed by atoms with Crippen LogP contribution >= 0.6 is 22.9 Å². The molecule has 1 aromatic heterocycles. The maximum atomic E-state index is 6.24. The number of alkyl halides is 1.